The van der Waals surface area contributed by atoms with E-state index in [0.29, 0.717) is 0 Å². The van der Waals surface area contributed by atoms with E-state index in [2.05, 4.69) is 8.53 Å². The molecule has 0 aliphatic rings. The molecular formula is C2H7OP2+. The first-order valence-corrected chi connectivity index (χ1v) is 4.62. The first-order chi connectivity index (χ1) is 2.27. The van der Waals surface area contributed by atoms with Crippen LogP contribution in [0, 0.1) is 0 Å². The van der Waals surface area contributed by atoms with Crippen LogP contribution in [0.2, 0.25) is 0 Å². The van der Waals surface area contributed by atoms with Gasteiger partial charge in [-0.1, -0.05) is 0 Å². The average molecular weight is 109 g/mol. The molecule has 1 atom stereocenters. The minimum Gasteiger partial charge on any atom is -0.356 e. The van der Waals surface area contributed by atoms with Gasteiger partial charge >= 0.3 is 0 Å². The molecule has 0 saturated heterocycles. The molecule has 3 heteroatoms. The molecule has 1 N–H and O–H groups in total. The largest absolute Gasteiger partial charge is 0.356 e. The molecule has 0 aromatic rings. The molecule has 0 amide bonds. The van der Waals surface area contributed by atoms with Gasteiger partial charge in [-0.15, -0.1) is 0 Å². The minimum atomic E-state index is -0.237. The lowest BCUT2D eigenvalue weighted by Crippen LogP contribution is -1.61. The quantitative estimate of drug-likeness (QED) is 0.500. The first kappa shape index (κ1) is 5.56. The van der Waals surface area contributed by atoms with Crippen LogP contribution in [0.4, 0.5) is 0 Å². The molecule has 0 aliphatic heterocycles. The Hall–Kier alpha value is 0.560. The average Bonchev–Trinajstić information content (AvgIpc) is 1.38. The van der Waals surface area contributed by atoms with Crippen LogP contribution in [-0.2, 0) is 0 Å². The zero-order chi connectivity index (χ0) is 4.28. The summed E-state index contributed by atoms with van der Waals surface area (Å²) in [6.07, 6.45) is 0.284. The maximum Gasteiger partial charge on any atom is 0.204 e. The standard InChI is InChI=1S/C2H7OP2/c1-5(4)2-3/h3-4H,2H2,1H3/q+1. The molecule has 0 saturated carbocycles. The van der Waals surface area contributed by atoms with E-state index in [0.717, 1.165) is 0 Å². The van der Waals surface area contributed by atoms with Gasteiger partial charge in [-0.3, -0.25) is 0 Å². The Morgan fingerprint density at radius 3 is 2.20 bits per heavy atom. The van der Waals surface area contributed by atoms with Crippen molar-refractivity contribution in [2.24, 2.45) is 0 Å². The summed E-state index contributed by atoms with van der Waals surface area (Å²) in [5, 5.41) is 8.12. The molecule has 0 aromatic carbocycles. The first-order valence-electron chi connectivity index (χ1n) is 1.30. The third kappa shape index (κ3) is 4.56. The van der Waals surface area contributed by atoms with Gasteiger partial charge in [0.2, 0.25) is 6.35 Å². The smallest absolute Gasteiger partial charge is 0.204 e. The zero-order valence-corrected chi connectivity index (χ0v) is 5.00. The number of hydrogen-bond acceptors (Lipinski definition) is 1. The Bertz CT molecular complexity index is 42.9. The molecule has 0 aromatic heterocycles. The van der Waals surface area contributed by atoms with E-state index >= 15 is 0 Å². The Morgan fingerprint density at radius 2 is 2.20 bits per heavy atom. The molecule has 5 heavy (non-hydrogen) atoms. The molecule has 0 radical (unpaired) electrons. The van der Waals surface area contributed by atoms with E-state index in [1.54, 1.807) is 0 Å². The van der Waals surface area contributed by atoms with E-state index in [1.807, 2.05) is 6.66 Å². The van der Waals surface area contributed by atoms with E-state index in [9.17, 15) is 0 Å². The zero-order valence-electron chi connectivity index (χ0n) is 3.10. The second-order valence-electron chi connectivity index (χ2n) is 0.839. The molecule has 0 bridgehead atoms. The fourth-order valence-electron chi connectivity index (χ4n) is 0. The van der Waals surface area contributed by atoms with Gasteiger partial charge in [0, 0.05) is 0 Å². The van der Waals surface area contributed by atoms with Gasteiger partial charge < -0.3 is 5.11 Å². The van der Waals surface area contributed by atoms with Crippen LogP contribution in [0.3, 0.4) is 0 Å². The van der Waals surface area contributed by atoms with Gasteiger partial charge in [0.15, 0.2) is 0 Å². The lowest BCUT2D eigenvalue weighted by molar-refractivity contribution is 0.372. The molecule has 30 valence electrons. The van der Waals surface area contributed by atoms with Gasteiger partial charge in [0.05, 0.1) is 0 Å². The Labute approximate surface area is 34.8 Å². The summed E-state index contributed by atoms with van der Waals surface area (Å²) in [6, 6.07) is 0. The molecule has 1 unspecified atom stereocenters. The van der Waals surface area contributed by atoms with Gasteiger partial charge in [-0.05, 0) is 0 Å². The summed E-state index contributed by atoms with van der Waals surface area (Å²) in [5.41, 5.74) is 0. The van der Waals surface area contributed by atoms with Crippen molar-refractivity contribution in [1.29, 1.82) is 0 Å². The van der Waals surface area contributed by atoms with E-state index in [-0.39, 0.29) is 13.6 Å². The molecule has 0 aliphatic carbocycles. The Morgan fingerprint density at radius 1 is 2.00 bits per heavy atom. The lowest BCUT2D eigenvalue weighted by Gasteiger charge is -1.65. The highest BCUT2D eigenvalue weighted by molar-refractivity contribution is 7.85. The summed E-state index contributed by atoms with van der Waals surface area (Å²) >= 11 is 0. The fourth-order valence-corrected chi connectivity index (χ4v) is 0. The highest BCUT2D eigenvalue weighted by atomic mass is 31.7. The maximum absolute atomic E-state index is 8.12. The van der Waals surface area contributed by atoms with Crippen molar-refractivity contribution < 1.29 is 5.11 Å². The van der Waals surface area contributed by atoms with Crippen LogP contribution in [0.25, 0.3) is 0 Å². The topological polar surface area (TPSA) is 20.2 Å². The summed E-state index contributed by atoms with van der Waals surface area (Å²) in [4.78, 5) is 0. The normalized spacial score (nSPS) is 11.2. The summed E-state index contributed by atoms with van der Waals surface area (Å²) in [5.74, 6) is 0. The number of aliphatic hydroxyl groups excluding tert-OH is 1. The van der Waals surface area contributed by atoms with E-state index in [1.165, 1.54) is 0 Å². The van der Waals surface area contributed by atoms with Crippen LogP contribution in [0.15, 0.2) is 0 Å². The van der Waals surface area contributed by atoms with Crippen molar-refractivity contribution in [3.63, 3.8) is 0 Å². The van der Waals surface area contributed by atoms with Gasteiger partial charge in [0.25, 0.3) is 0 Å². The Balaban J connectivity index is 2.85. The minimum absolute atomic E-state index is 0.237. The third-order valence-corrected chi connectivity index (χ3v) is 1.06. The van der Waals surface area contributed by atoms with Crippen molar-refractivity contribution in [3.8, 4) is 0 Å². The van der Waals surface area contributed by atoms with Crippen molar-refractivity contribution in [2.75, 3.05) is 13.0 Å². The van der Waals surface area contributed by atoms with Crippen LogP contribution < -0.4 is 0 Å². The molecule has 0 fully saturated rings. The summed E-state index contributed by atoms with van der Waals surface area (Å²) in [6.45, 7) is 1.95. The molecule has 1 nitrogen and oxygen atoms in total. The van der Waals surface area contributed by atoms with E-state index < -0.39 is 0 Å². The van der Waals surface area contributed by atoms with Crippen molar-refractivity contribution in [3.05, 3.63) is 0 Å². The van der Waals surface area contributed by atoms with E-state index in [4.69, 9.17) is 5.11 Å². The van der Waals surface area contributed by atoms with Gasteiger partial charge in [-0.2, -0.15) is 0 Å². The number of hydrogen-bond donors (Lipinski definition) is 1. The van der Waals surface area contributed by atoms with Crippen molar-refractivity contribution in [1.82, 2.24) is 0 Å². The third-order valence-electron chi connectivity index (χ3n) is 0.212. The highest BCUT2D eigenvalue weighted by Gasteiger charge is 1.84. The van der Waals surface area contributed by atoms with Crippen molar-refractivity contribution >= 4 is 15.7 Å². The SMILES string of the molecule is C[P+](=P)CO. The van der Waals surface area contributed by atoms with Gasteiger partial charge in [-0.25, -0.2) is 0 Å². The fraction of sp³-hybridized carbons (Fsp3) is 1.00. The summed E-state index contributed by atoms with van der Waals surface area (Å²) < 4.78 is 0. The molecule has 0 heterocycles. The Kier molecular flexibility index (Phi) is 3.09. The second kappa shape index (κ2) is 2.78. The number of aliphatic hydroxyl groups is 1. The van der Waals surface area contributed by atoms with Gasteiger partial charge in [0.1, 0.15) is 22.4 Å². The molecular weight excluding hydrogens is 102 g/mol. The predicted octanol–water partition coefficient (Wildman–Crippen LogP) is 1.11. The lowest BCUT2D eigenvalue weighted by atomic mass is 11.7. The maximum atomic E-state index is 8.12. The van der Waals surface area contributed by atoms with Crippen LogP contribution in [-0.4, -0.2) is 18.1 Å². The monoisotopic (exact) mass is 109 g/mol. The van der Waals surface area contributed by atoms with Crippen molar-refractivity contribution in [2.45, 2.75) is 0 Å². The molecule has 0 rings (SSSR count). The highest BCUT2D eigenvalue weighted by Crippen LogP contribution is 2.17. The summed E-state index contributed by atoms with van der Waals surface area (Å²) in [7, 11) is 2.99. The van der Waals surface area contributed by atoms with Crippen LogP contribution in [0.1, 0.15) is 0 Å². The predicted molar refractivity (Wildman–Crippen MR) is 28.2 cm³/mol. The second-order valence-corrected chi connectivity index (χ2v) is 4.81. The molecule has 0 spiro atoms. The van der Waals surface area contributed by atoms with Crippen LogP contribution >= 0.6 is 15.7 Å². The number of rotatable bonds is 1. The van der Waals surface area contributed by atoms with Crippen LogP contribution in [0.5, 0.6) is 0 Å².